The predicted octanol–water partition coefficient (Wildman–Crippen LogP) is 4.08. The van der Waals surface area contributed by atoms with Crippen LogP contribution in [0, 0.1) is 0 Å². The molecular formula is C20H16N2OS. The first-order valence-corrected chi connectivity index (χ1v) is 8.89. The van der Waals surface area contributed by atoms with Crippen molar-refractivity contribution in [1.29, 1.82) is 0 Å². The van der Waals surface area contributed by atoms with Crippen molar-refractivity contribution in [2.24, 2.45) is 0 Å². The van der Waals surface area contributed by atoms with Gasteiger partial charge in [-0.05, 0) is 35.7 Å². The molecule has 0 bridgehead atoms. The number of nitrogens with zero attached hydrogens (tertiary/aromatic N) is 2. The second-order valence-electron chi connectivity index (χ2n) is 6.30. The number of benzene rings is 1. The molecule has 2 aromatic heterocycles. The van der Waals surface area contributed by atoms with E-state index in [0.29, 0.717) is 0 Å². The Morgan fingerprint density at radius 1 is 1.08 bits per heavy atom. The second kappa shape index (κ2) is 4.71. The molecular weight excluding hydrogens is 316 g/mol. The van der Waals surface area contributed by atoms with Crippen molar-refractivity contribution < 1.29 is 4.79 Å². The highest BCUT2D eigenvalue weighted by Gasteiger charge is 2.57. The van der Waals surface area contributed by atoms with Crippen LogP contribution in [0.15, 0.2) is 66.2 Å². The molecule has 0 unspecified atom stereocenters. The minimum Gasteiger partial charge on any atom is -0.328 e. The van der Waals surface area contributed by atoms with E-state index in [-0.39, 0.29) is 11.8 Å². The SMILES string of the molecule is CN1C(=O)[C@]2(c3ccccc31)[C@@H](c1cccs1)C=Cc1cccn12. The third-order valence-corrected chi connectivity index (χ3v) is 6.18. The third-order valence-electron chi connectivity index (χ3n) is 5.23. The first kappa shape index (κ1) is 13.8. The minimum absolute atomic E-state index is 0.00370. The van der Waals surface area contributed by atoms with Gasteiger partial charge in [-0.25, -0.2) is 0 Å². The van der Waals surface area contributed by atoms with E-state index < -0.39 is 5.54 Å². The van der Waals surface area contributed by atoms with E-state index >= 15 is 0 Å². The first-order chi connectivity index (χ1) is 11.7. The topological polar surface area (TPSA) is 25.2 Å². The highest BCUT2D eigenvalue weighted by molar-refractivity contribution is 7.10. The Morgan fingerprint density at radius 2 is 1.96 bits per heavy atom. The standard InChI is InChI=1S/C20H16N2OS/c1-21-17-8-3-2-7-15(17)20(19(21)23)16(18-9-5-13-24-18)11-10-14-6-4-12-22(14)20/h2-13,16H,1H3/t16-,20+/m1/s1. The fraction of sp³-hybridized carbons (Fsp3) is 0.150. The summed E-state index contributed by atoms with van der Waals surface area (Å²) in [6.45, 7) is 0. The predicted molar refractivity (Wildman–Crippen MR) is 97.5 cm³/mol. The maximum Gasteiger partial charge on any atom is 0.258 e. The van der Waals surface area contributed by atoms with Crippen LogP contribution in [0.5, 0.6) is 0 Å². The number of allylic oxidation sites excluding steroid dienone is 1. The number of rotatable bonds is 1. The van der Waals surface area contributed by atoms with Crippen molar-refractivity contribution in [2.45, 2.75) is 11.5 Å². The lowest BCUT2D eigenvalue weighted by molar-refractivity contribution is -0.124. The molecule has 0 fully saturated rings. The maximum absolute atomic E-state index is 13.6. The molecule has 5 rings (SSSR count). The number of carbonyl (C=O) groups excluding carboxylic acids is 1. The van der Waals surface area contributed by atoms with Crippen molar-refractivity contribution in [3.05, 3.63) is 82.3 Å². The summed E-state index contributed by atoms with van der Waals surface area (Å²) in [7, 11) is 1.88. The number of aromatic nitrogens is 1. The number of hydrogen-bond donors (Lipinski definition) is 0. The lowest BCUT2D eigenvalue weighted by Crippen LogP contribution is -2.49. The summed E-state index contributed by atoms with van der Waals surface area (Å²) in [5.41, 5.74) is 2.42. The lowest BCUT2D eigenvalue weighted by Gasteiger charge is -2.39. The van der Waals surface area contributed by atoms with Crippen LogP contribution in [0.1, 0.15) is 22.1 Å². The van der Waals surface area contributed by atoms with Gasteiger partial charge in [0.2, 0.25) is 0 Å². The summed E-state index contributed by atoms with van der Waals surface area (Å²) in [4.78, 5) is 16.6. The Hall–Kier alpha value is -2.59. The van der Waals surface area contributed by atoms with Crippen molar-refractivity contribution in [3.8, 4) is 0 Å². The van der Waals surface area contributed by atoms with Crippen LogP contribution in [-0.2, 0) is 10.3 Å². The summed E-state index contributed by atoms with van der Waals surface area (Å²) in [5, 5.41) is 2.08. The summed E-state index contributed by atoms with van der Waals surface area (Å²) in [6, 6.07) is 16.4. The molecule has 0 saturated carbocycles. The van der Waals surface area contributed by atoms with Gasteiger partial charge in [-0.2, -0.15) is 0 Å². The van der Waals surface area contributed by atoms with Crippen LogP contribution < -0.4 is 4.90 Å². The van der Waals surface area contributed by atoms with Gasteiger partial charge in [0.1, 0.15) is 0 Å². The minimum atomic E-state index is -0.732. The largest absolute Gasteiger partial charge is 0.328 e. The Kier molecular flexibility index (Phi) is 2.71. The average molecular weight is 332 g/mol. The van der Waals surface area contributed by atoms with Gasteiger partial charge in [0.25, 0.3) is 5.91 Å². The van der Waals surface area contributed by atoms with E-state index in [4.69, 9.17) is 0 Å². The van der Waals surface area contributed by atoms with Gasteiger partial charge in [-0.3, -0.25) is 4.79 Å². The summed E-state index contributed by atoms with van der Waals surface area (Å²) in [6.07, 6.45) is 6.35. The van der Waals surface area contributed by atoms with Crippen molar-refractivity contribution in [2.75, 3.05) is 11.9 Å². The lowest BCUT2D eigenvalue weighted by atomic mass is 9.75. The van der Waals surface area contributed by atoms with E-state index in [1.807, 2.05) is 37.5 Å². The van der Waals surface area contributed by atoms with Crippen LogP contribution in [-0.4, -0.2) is 17.5 Å². The third kappa shape index (κ3) is 1.49. The Labute approximate surface area is 144 Å². The van der Waals surface area contributed by atoms with Gasteiger partial charge in [0.15, 0.2) is 5.54 Å². The molecule has 24 heavy (non-hydrogen) atoms. The van der Waals surface area contributed by atoms with E-state index in [9.17, 15) is 4.79 Å². The van der Waals surface area contributed by atoms with E-state index in [1.54, 1.807) is 16.2 Å². The van der Waals surface area contributed by atoms with Gasteiger partial charge in [0.05, 0.1) is 0 Å². The van der Waals surface area contributed by atoms with Crippen LogP contribution in [0.3, 0.4) is 0 Å². The highest BCUT2D eigenvalue weighted by Crippen LogP contribution is 2.53. The Morgan fingerprint density at radius 3 is 2.79 bits per heavy atom. The fourth-order valence-electron chi connectivity index (χ4n) is 4.21. The first-order valence-electron chi connectivity index (χ1n) is 8.01. The second-order valence-corrected chi connectivity index (χ2v) is 7.28. The van der Waals surface area contributed by atoms with Crippen LogP contribution in [0.2, 0.25) is 0 Å². The van der Waals surface area contributed by atoms with Crippen LogP contribution >= 0.6 is 11.3 Å². The van der Waals surface area contributed by atoms with E-state index in [2.05, 4.69) is 46.4 Å². The number of amides is 1. The molecule has 1 amide bonds. The van der Waals surface area contributed by atoms with Gasteiger partial charge in [0, 0.05) is 41.0 Å². The average Bonchev–Trinajstić information content (AvgIpc) is 3.33. The Bertz CT molecular complexity index is 969. The molecule has 118 valence electrons. The maximum atomic E-state index is 13.6. The quantitative estimate of drug-likeness (QED) is 0.659. The molecule has 2 atom stereocenters. The molecule has 0 saturated heterocycles. The number of thiophene rings is 1. The van der Waals surface area contributed by atoms with Crippen LogP contribution in [0.4, 0.5) is 5.69 Å². The molecule has 3 nitrogen and oxygen atoms in total. The summed E-state index contributed by atoms with van der Waals surface area (Å²) < 4.78 is 2.15. The number of anilines is 1. The number of carbonyl (C=O) groups is 1. The zero-order valence-electron chi connectivity index (χ0n) is 13.2. The normalized spacial score (nSPS) is 24.5. The molecule has 2 aliphatic rings. The molecule has 3 aromatic rings. The summed E-state index contributed by atoms with van der Waals surface area (Å²) in [5.74, 6) is 0.125. The van der Waals surface area contributed by atoms with Gasteiger partial charge in [-0.15, -0.1) is 11.3 Å². The highest BCUT2D eigenvalue weighted by atomic mass is 32.1. The van der Waals surface area contributed by atoms with Gasteiger partial charge < -0.3 is 9.47 Å². The molecule has 0 aliphatic carbocycles. The van der Waals surface area contributed by atoms with Crippen molar-refractivity contribution in [3.63, 3.8) is 0 Å². The van der Waals surface area contributed by atoms with E-state index in [0.717, 1.165) is 16.9 Å². The number of hydrogen-bond acceptors (Lipinski definition) is 2. The molecule has 0 radical (unpaired) electrons. The fourth-order valence-corrected chi connectivity index (χ4v) is 5.07. The molecule has 4 heteroatoms. The monoisotopic (exact) mass is 332 g/mol. The number of fused-ring (bicyclic) bond motifs is 4. The van der Waals surface area contributed by atoms with Crippen molar-refractivity contribution in [1.82, 2.24) is 4.57 Å². The zero-order valence-corrected chi connectivity index (χ0v) is 14.0. The molecule has 0 N–H and O–H groups in total. The van der Waals surface area contributed by atoms with Gasteiger partial charge in [-0.1, -0.05) is 30.3 Å². The van der Waals surface area contributed by atoms with Gasteiger partial charge >= 0.3 is 0 Å². The number of likely N-dealkylation sites (N-methyl/N-ethyl adjacent to an activating group) is 1. The van der Waals surface area contributed by atoms with E-state index in [1.165, 1.54) is 4.88 Å². The van der Waals surface area contributed by atoms with Crippen LogP contribution in [0.25, 0.3) is 6.08 Å². The molecule has 2 aliphatic heterocycles. The molecule has 4 heterocycles. The molecule has 1 aromatic carbocycles. The summed E-state index contributed by atoms with van der Waals surface area (Å²) >= 11 is 1.71. The zero-order chi connectivity index (χ0) is 16.3. The van der Waals surface area contributed by atoms with Crippen molar-refractivity contribution >= 4 is 29.0 Å². The Balaban J connectivity index is 1.89. The molecule has 1 spiro atoms. The smallest absolute Gasteiger partial charge is 0.258 e. The number of para-hydroxylation sites is 1.